The fourth-order valence-electron chi connectivity index (χ4n) is 3.11. The van der Waals surface area contributed by atoms with Crippen molar-refractivity contribution in [2.24, 2.45) is 11.3 Å². The van der Waals surface area contributed by atoms with Crippen LogP contribution in [0.15, 0.2) is 30.3 Å². The summed E-state index contributed by atoms with van der Waals surface area (Å²) in [5.74, 6) is 0.410. The number of hydrogen-bond donors (Lipinski definition) is 0. The predicted molar refractivity (Wildman–Crippen MR) is 85.4 cm³/mol. The van der Waals surface area contributed by atoms with Crippen LogP contribution in [0.25, 0.3) is 0 Å². The maximum Gasteiger partial charge on any atom is 0.147 e. The third-order valence-corrected chi connectivity index (χ3v) is 4.03. The monoisotopic (exact) mass is 292 g/mol. The molecule has 1 atom stereocenters. The van der Waals surface area contributed by atoms with Gasteiger partial charge in [-0.1, -0.05) is 44.2 Å². The van der Waals surface area contributed by atoms with Gasteiger partial charge in [0.05, 0.1) is 18.6 Å². The number of ether oxygens (including phenoxy) is 2. The van der Waals surface area contributed by atoms with E-state index in [1.807, 2.05) is 32.0 Å². The van der Waals surface area contributed by atoms with Gasteiger partial charge < -0.3 is 9.47 Å². The molecule has 0 bridgehead atoms. The highest BCUT2D eigenvalue weighted by molar-refractivity contribution is 5.89. The summed E-state index contributed by atoms with van der Waals surface area (Å²) in [4.78, 5) is 12.7. The average Bonchev–Trinajstić information content (AvgIpc) is 2.81. The minimum atomic E-state index is -0.428. The van der Waals surface area contributed by atoms with Gasteiger partial charge in [-0.3, -0.25) is 4.79 Å². The minimum Gasteiger partial charge on any atom is -0.384 e. The molecular weight excluding hydrogens is 264 g/mol. The molecule has 0 radical (unpaired) electrons. The Morgan fingerprint density at radius 1 is 1.10 bits per heavy atom. The molecule has 118 valence electrons. The van der Waals surface area contributed by atoms with Crippen molar-refractivity contribution in [1.29, 1.82) is 0 Å². The topological polar surface area (TPSA) is 35.5 Å². The fraction of sp³-hybridized carbons (Fsp3) is 0.611. The van der Waals surface area contributed by atoms with Crippen molar-refractivity contribution in [2.45, 2.75) is 33.1 Å². The molecule has 3 heteroatoms. The van der Waals surface area contributed by atoms with Crippen LogP contribution in [0.4, 0.5) is 0 Å². The number of carbonyl (C=O) groups is 1. The van der Waals surface area contributed by atoms with Gasteiger partial charge in [-0.05, 0) is 24.8 Å². The Bertz CT molecular complexity index is 408. The molecule has 1 aromatic rings. The van der Waals surface area contributed by atoms with E-state index in [4.69, 9.17) is 9.47 Å². The Kier molecular flexibility index (Phi) is 7.62. The lowest BCUT2D eigenvalue weighted by atomic mass is 9.84. The Hall–Kier alpha value is -1.19. The largest absolute Gasteiger partial charge is 0.384 e. The van der Waals surface area contributed by atoms with Gasteiger partial charge in [0.25, 0.3) is 0 Å². The Labute approximate surface area is 128 Å². The van der Waals surface area contributed by atoms with Crippen molar-refractivity contribution >= 4 is 5.78 Å². The first kappa shape index (κ1) is 17.9. The van der Waals surface area contributed by atoms with Gasteiger partial charge in [-0.2, -0.15) is 0 Å². The number of rotatable bonds is 6. The van der Waals surface area contributed by atoms with Gasteiger partial charge in [0.15, 0.2) is 0 Å². The van der Waals surface area contributed by atoms with Crippen LogP contribution in [0.1, 0.15) is 32.3 Å². The number of Topliss-reactive ketones (excluding diaryl/α,β-unsaturated/α-hetero) is 1. The summed E-state index contributed by atoms with van der Waals surface area (Å²) in [5.41, 5.74) is 0.801. The van der Waals surface area contributed by atoms with E-state index >= 15 is 0 Å². The Morgan fingerprint density at radius 2 is 1.67 bits per heavy atom. The molecule has 3 nitrogen and oxygen atoms in total. The van der Waals surface area contributed by atoms with Crippen molar-refractivity contribution < 1.29 is 14.3 Å². The van der Waals surface area contributed by atoms with E-state index in [0.717, 1.165) is 19.3 Å². The molecule has 1 aliphatic carbocycles. The second-order valence-electron chi connectivity index (χ2n) is 5.44. The molecule has 0 heterocycles. The van der Waals surface area contributed by atoms with Crippen molar-refractivity contribution in [3.05, 3.63) is 35.9 Å². The maximum absolute atomic E-state index is 12.7. The normalized spacial score (nSPS) is 20.0. The van der Waals surface area contributed by atoms with Gasteiger partial charge in [0.2, 0.25) is 0 Å². The highest BCUT2D eigenvalue weighted by atomic mass is 16.5. The third-order valence-electron chi connectivity index (χ3n) is 4.03. The summed E-state index contributed by atoms with van der Waals surface area (Å²) in [5, 5.41) is 0. The SMILES string of the molecule is CC.COCC1(COC)CCC(Cc2ccccc2)C1=O. The molecule has 0 spiro atoms. The van der Waals surface area contributed by atoms with Crippen LogP contribution >= 0.6 is 0 Å². The van der Waals surface area contributed by atoms with Gasteiger partial charge in [0.1, 0.15) is 5.78 Å². The van der Waals surface area contributed by atoms with E-state index < -0.39 is 5.41 Å². The second-order valence-corrected chi connectivity index (χ2v) is 5.44. The molecular formula is C18H28O3. The molecule has 1 unspecified atom stereocenters. The van der Waals surface area contributed by atoms with Crippen molar-refractivity contribution in [2.75, 3.05) is 27.4 Å². The number of ketones is 1. The maximum atomic E-state index is 12.7. The van der Waals surface area contributed by atoms with Crippen LogP contribution < -0.4 is 0 Å². The van der Waals surface area contributed by atoms with Gasteiger partial charge >= 0.3 is 0 Å². The summed E-state index contributed by atoms with van der Waals surface area (Å²) >= 11 is 0. The van der Waals surface area contributed by atoms with Gasteiger partial charge in [-0.15, -0.1) is 0 Å². The van der Waals surface area contributed by atoms with Crippen LogP contribution in [-0.4, -0.2) is 33.2 Å². The van der Waals surface area contributed by atoms with Crippen LogP contribution in [0.5, 0.6) is 0 Å². The first-order valence-electron chi connectivity index (χ1n) is 7.78. The molecule has 1 saturated carbocycles. The van der Waals surface area contributed by atoms with Crippen LogP contribution in [0.3, 0.4) is 0 Å². The number of carbonyl (C=O) groups excluding carboxylic acids is 1. The minimum absolute atomic E-state index is 0.104. The zero-order chi connectivity index (χ0) is 15.7. The van der Waals surface area contributed by atoms with E-state index in [-0.39, 0.29) is 5.92 Å². The third kappa shape index (κ3) is 4.39. The van der Waals surface area contributed by atoms with E-state index in [1.54, 1.807) is 14.2 Å². The zero-order valence-corrected chi connectivity index (χ0v) is 13.7. The van der Waals surface area contributed by atoms with E-state index in [9.17, 15) is 4.79 Å². The van der Waals surface area contributed by atoms with E-state index in [0.29, 0.717) is 19.0 Å². The molecule has 1 aliphatic rings. The van der Waals surface area contributed by atoms with E-state index in [1.165, 1.54) is 5.56 Å². The lowest BCUT2D eigenvalue weighted by molar-refractivity contribution is -0.135. The Balaban J connectivity index is 0.00000106. The van der Waals surface area contributed by atoms with Crippen molar-refractivity contribution in [3.8, 4) is 0 Å². The van der Waals surface area contributed by atoms with Gasteiger partial charge in [0, 0.05) is 20.1 Å². The molecule has 1 fully saturated rings. The highest BCUT2D eigenvalue weighted by Crippen LogP contribution is 2.40. The lowest BCUT2D eigenvalue weighted by Gasteiger charge is -2.26. The molecule has 0 aromatic heterocycles. The average molecular weight is 292 g/mol. The van der Waals surface area contributed by atoms with E-state index in [2.05, 4.69) is 12.1 Å². The molecule has 0 aliphatic heterocycles. The number of methoxy groups -OCH3 is 2. The zero-order valence-electron chi connectivity index (χ0n) is 13.7. The smallest absolute Gasteiger partial charge is 0.147 e. The molecule has 0 N–H and O–H groups in total. The van der Waals surface area contributed by atoms with Gasteiger partial charge in [-0.25, -0.2) is 0 Å². The first-order valence-corrected chi connectivity index (χ1v) is 7.78. The first-order chi connectivity index (χ1) is 10.2. The van der Waals surface area contributed by atoms with Crippen LogP contribution in [-0.2, 0) is 20.7 Å². The van der Waals surface area contributed by atoms with Crippen LogP contribution in [0.2, 0.25) is 0 Å². The standard InChI is InChI=1S/C16H22O3.C2H6/c1-18-11-16(12-19-2)9-8-14(15(16)17)10-13-6-4-3-5-7-13;1-2/h3-7,14H,8-12H2,1-2H3;1-2H3. The summed E-state index contributed by atoms with van der Waals surface area (Å²) in [6.45, 7) is 4.93. The van der Waals surface area contributed by atoms with Crippen molar-refractivity contribution in [3.63, 3.8) is 0 Å². The summed E-state index contributed by atoms with van der Waals surface area (Å²) < 4.78 is 10.5. The molecule has 1 aromatic carbocycles. The number of benzene rings is 1. The lowest BCUT2D eigenvalue weighted by Crippen LogP contribution is -2.38. The highest BCUT2D eigenvalue weighted by Gasteiger charge is 2.47. The summed E-state index contributed by atoms with van der Waals surface area (Å²) in [7, 11) is 3.30. The fourth-order valence-corrected chi connectivity index (χ4v) is 3.11. The quantitative estimate of drug-likeness (QED) is 0.805. The van der Waals surface area contributed by atoms with Crippen LogP contribution in [0, 0.1) is 11.3 Å². The second kappa shape index (κ2) is 8.96. The molecule has 2 rings (SSSR count). The Morgan fingerprint density at radius 3 is 2.19 bits per heavy atom. The molecule has 21 heavy (non-hydrogen) atoms. The molecule has 0 amide bonds. The van der Waals surface area contributed by atoms with Crippen molar-refractivity contribution in [1.82, 2.24) is 0 Å². The predicted octanol–water partition coefficient (Wildman–Crippen LogP) is 3.51. The summed E-state index contributed by atoms with van der Waals surface area (Å²) in [6.07, 6.45) is 2.63. The summed E-state index contributed by atoms with van der Waals surface area (Å²) in [6, 6.07) is 10.2. The number of hydrogen-bond acceptors (Lipinski definition) is 3. The molecule has 0 saturated heterocycles.